The molecule has 1 aromatic carbocycles. The summed E-state index contributed by atoms with van der Waals surface area (Å²) in [4.78, 5) is 0.375. The van der Waals surface area contributed by atoms with Crippen molar-refractivity contribution in [3.63, 3.8) is 0 Å². The third kappa shape index (κ3) is 3.20. The summed E-state index contributed by atoms with van der Waals surface area (Å²) in [5, 5.41) is 3.50. The van der Waals surface area contributed by atoms with Crippen molar-refractivity contribution in [2.24, 2.45) is 0 Å². The van der Waals surface area contributed by atoms with Crippen LogP contribution in [-0.4, -0.2) is 37.9 Å². The molecule has 0 radical (unpaired) electrons. The third-order valence-corrected chi connectivity index (χ3v) is 6.27. The fourth-order valence-electron chi connectivity index (χ4n) is 2.91. The first kappa shape index (κ1) is 16.2. The van der Waals surface area contributed by atoms with E-state index in [0.717, 1.165) is 17.3 Å². The highest BCUT2D eigenvalue weighted by Gasteiger charge is 2.34. The average Bonchev–Trinajstić information content (AvgIpc) is 2.68. The van der Waals surface area contributed by atoms with Gasteiger partial charge in [-0.25, -0.2) is 8.42 Å². The van der Waals surface area contributed by atoms with Crippen LogP contribution in [0.5, 0.6) is 0 Å². The molecule has 0 spiro atoms. The molecule has 0 amide bonds. The largest absolute Gasteiger partial charge is 0.310 e. The molecule has 0 saturated carbocycles. The quantitative estimate of drug-likeness (QED) is 0.856. The van der Waals surface area contributed by atoms with E-state index in [0.29, 0.717) is 30.1 Å². The Kier molecular flexibility index (Phi) is 5.13. The minimum Gasteiger partial charge on any atom is -0.310 e. The molecule has 4 nitrogen and oxygen atoms in total. The lowest BCUT2D eigenvalue weighted by Crippen LogP contribution is -2.39. The van der Waals surface area contributed by atoms with Crippen molar-refractivity contribution >= 4 is 38.4 Å². The van der Waals surface area contributed by atoms with Gasteiger partial charge in [0.1, 0.15) is 0 Å². The van der Waals surface area contributed by atoms with Crippen molar-refractivity contribution in [1.82, 2.24) is 9.62 Å². The van der Waals surface area contributed by atoms with Gasteiger partial charge in [-0.1, -0.05) is 22.0 Å². The number of benzene rings is 1. The molecule has 2 atom stereocenters. The number of nitrogens with zero attached hydrogens (tertiary/aromatic N) is 1. The molecule has 1 N–H and O–H groups in total. The molecule has 2 saturated heterocycles. The van der Waals surface area contributed by atoms with Gasteiger partial charge in [-0.3, -0.25) is 0 Å². The molecule has 2 aliphatic rings. The SMILES string of the molecule is Cl.O=S(=O)(c1cccc(Br)c1)N1CCC2CCC(C1)N2. The second kappa shape index (κ2) is 6.32. The summed E-state index contributed by atoms with van der Waals surface area (Å²) in [5.41, 5.74) is 0. The van der Waals surface area contributed by atoms with Crippen LogP contribution in [0.2, 0.25) is 0 Å². The van der Waals surface area contributed by atoms with Crippen molar-refractivity contribution in [3.05, 3.63) is 28.7 Å². The van der Waals surface area contributed by atoms with Crippen LogP contribution in [0.1, 0.15) is 19.3 Å². The van der Waals surface area contributed by atoms with Gasteiger partial charge in [0, 0.05) is 29.6 Å². The summed E-state index contributed by atoms with van der Waals surface area (Å²) in [6.45, 7) is 1.20. The first-order valence-corrected chi connectivity index (χ1v) is 8.81. The molecule has 0 aliphatic carbocycles. The Morgan fingerprint density at radius 2 is 1.95 bits per heavy atom. The molecule has 2 fully saturated rings. The number of hydrogen-bond donors (Lipinski definition) is 1. The van der Waals surface area contributed by atoms with Gasteiger partial charge in [0.2, 0.25) is 10.0 Å². The highest BCUT2D eigenvalue weighted by atomic mass is 79.9. The third-order valence-electron chi connectivity index (χ3n) is 3.92. The van der Waals surface area contributed by atoms with E-state index in [1.165, 1.54) is 6.42 Å². The van der Waals surface area contributed by atoms with E-state index >= 15 is 0 Å². The molecule has 1 aromatic rings. The smallest absolute Gasteiger partial charge is 0.243 e. The summed E-state index contributed by atoms with van der Waals surface area (Å²) in [6.07, 6.45) is 3.16. The van der Waals surface area contributed by atoms with Crippen LogP contribution in [0.3, 0.4) is 0 Å². The molecule has 20 heavy (non-hydrogen) atoms. The number of sulfonamides is 1. The highest BCUT2D eigenvalue weighted by Crippen LogP contribution is 2.26. The van der Waals surface area contributed by atoms with Gasteiger partial charge in [0.05, 0.1) is 4.90 Å². The lowest BCUT2D eigenvalue weighted by atomic mass is 10.1. The Hall–Kier alpha value is -0.140. The van der Waals surface area contributed by atoms with Crippen molar-refractivity contribution in [2.45, 2.75) is 36.2 Å². The fourth-order valence-corrected chi connectivity index (χ4v) is 5.00. The summed E-state index contributed by atoms with van der Waals surface area (Å²) >= 11 is 3.33. The highest BCUT2D eigenvalue weighted by molar-refractivity contribution is 9.10. The number of halogens is 2. The molecule has 7 heteroatoms. The van der Waals surface area contributed by atoms with Gasteiger partial charge in [-0.2, -0.15) is 4.31 Å². The standard InChI is InChI=1S/C13H17BrN2O2S.ClH/c14-10-2-1-3-13(8-10)19(17,18)16-7-6-11-4-5-12(9-16)15-11;/h1-3,8,11-12,15H,4-7,9H2;1H. The van der Waals surface area contributed by atoms with E-state index in [9.17, 15) is 8.42 Å². The molecular weight excluding hydrogens is 364 g/mol. The summed E-state index contributed by atoms with van der Waals surface area (Å²) in [7, 11) is -3.37. The normalized spacial score (nSPS) is 26.9. The van der Waals surface area contributed by atoms with Crippen LogP contribution in [-0.2, 0) is 10.0 Å². The van der Waals surface area contributed by atoms with Crippen molar-refractivity contribution in [3.8, 4) is 0 Å². The Balaban J connectivity index is 0.00000147. The number of rotatable bonds is 2. The summed E-state index contributed by atoms with van der Waals surface area (Å²) in [6, 6.07) is 7.74. The topological polar surface area (TPSA) is 49.4 Å². The van der Waals surface area contributed by atoms with Gasteiger partial charge >= 0.3 is 0 Å². The van der Waals surface area contributed by atoms with Gasteiger partial charge < -0.3 is 5.32 Å². The average molecular weight is 382 g/mol. The first-order chi connectivity index (χ1) is 9.05. The molecule has 0 aromatic heterocycles. The van der Waals surface area contributed by atoms with E-state index in [-0.39, 0.29) is 12.4 Å². The minimum absolute atomic E-state index is 0. The van der Waals surface area contributed by atoms with Crippen LogP contribution >= 0.6 is 28.3 Å². The fraction of sp³-hybridized carbons (Fsp3) is 0.538. The van der Waals surface area contributed by atoms with Gasteiger partial charge in [0.15, 0.2) is 0 Å². The molecule has 2 bridgehead atoms. The number of hydrogen-bond acceptors (Lipinski definition) is 3. The van der Waals surface area contributed by atoms with E-state index in [4.69, 9.17) is 0 Å². The Morgan fingerprint density at radius 1 is 1.20 bits per heavy atom. The zero-order valence-electron chi connectivity index (χ0n) is 11.0. The second-order valence-corrected chi connectivity index (χ2v) is 8.10. The number of fused-ring (bicyclic) bond motifs is 2. The van der Waals surface area contributed by atoms with Crippen LogP contribution in [0.25, 0.3) is 0 Å². The molecule has 3 rings (SSSR count). The molecule has 2 unspecified atom stereocenters. The summed E-state index contributed by atoms with van der Waals surface area (Å²) < 4.78 is 27.7. The lowest BCUT2D eigenvalue weighted by Gasteiger charge is -2.23. The predicted molar refractivity (Wildman–Crippen MR) is 84.7 cm³/mol. The maximum absolute atomic E-state index is 12.6. The van der Waals surface area contributed by atoms with E-state index in [1.54, 1.807) is 22.5 Å². The van der Waals surface area contributed by atoms with Crippen LogP contribution < -0.4 is 5.32 Å². The van der Waals surface area contributed by atoms with Crippen molar-refractivity contribution in [2.75, 3.05) is 13.1 Å². The second-order valence-electron chi connectivity index (χ2n) is 5.25. The van der Waals surface area contributed by atoms with Gasteiger partial charge in [-0.15, -0.1) is 12.4 Å². The Morgan fingerprint density at radius 3 is 2.70 bits per heavy atom. The van der Waals surface area contributed by atoms with Crippen molar-refractivity contribution in [1.29, 1.82) is 0 Å². The van der Waals surface area contributed by atoms with Crippen LogP contribution in [0.4, 0.5) is 0 Å². The zero-order valence-corrected chi connectivity index (χ0v) is 14.2. The van der Waals surface area contributed by atoms with Crippen LogP contribution in [0, 0.1) is 0 Å². The Labute approximate surface area is 134 Å². The number of nitrogens with one attached hydrogen (secondary N) is 1. The van der Waals surface area contributed by atoms with E-state index in [1.807, 2.05) is 6.07 Å². The zero-order chi connectivity index (χ0) is 13.5. The molecule has 2 aliphatic heterocycles. The van der Waals surface area contributed by atoms with E-state index < -0.39 is 10.0 Å². The molecule has 112 valence electrons. The van der Waals surface area contributed by atoms with Crippen molar-refractivity contribution < 1.29 is 8.42 Å². The minimum atomic E-state index is -3.37. The van der Waals surface area contributed by atoms with E-state index in [2.05, 4.69) is 21.2 Å². The lowest BCUT2D eigenvalue weighted by molar-refractivity contribution is 0.383. The Bertz CT molecular complexity index is 581. The summed E-state index contributed by atoms with van der Waals surface area (Å²) in [5.74, 6) is 0. The monoisotopic (exact) mass is 380 g/mol. The first-order valence-electron chi connectivity index (χ1n) is 6.57. The molecular formula is C13H18BrClN2O2S. The maximum Gasteiger partial charge on any atom is 0.243 e. The predicted octanol–water partition coefficient (Wildman–Crippen LogP) is 2.39. The van der Waals surface area contributed by atoms with Gasteiger partial charge in [0.25, 0.3) is 0 Å². The van der Waals surface area contributed by atoms with Crippen LogP contribution in [0.15, 0.2) is 33.6 Å². The maximum atomic E-state index is 12.6. The molecule has 2 heterocycles. The van der Waals surface area contributed by atoms with Gasteiger partial charge in [-0.05, 0) is 37.5 Å².